The van der Waals surface area contributed by atoms with Gasteiger partial charge in [-0.15, -0.1) is 0 Å². The molecule has 100 valence electrons. The van der Waals surface area contributed by atoms with Gasteiger partial charge in [0.25, 0.3) is 0 Å². The fourth-order valence-corrected chi connectivity index (χ4v) is 2.13. The number of amides is 1. The molecule has 1 aromatic heterocycles. The number of phenolic OH excluding ortho intramolecular Hbond substituents is 1. The normalized spacial score (nSPS) is 14.7. The molecular weight excluding hydrogens is 244 g/mol. The molecule has 2 aromatic rings. The van der Waals surface area contributed by atoms with E-state index < -0.39 is 0 Å². The zero-order valence-electron chi connectivity index (χ0n) is 10.6. The van der Waals surface area contributed by atoms with E-state index in [1.165, 1.54) is 12.8 Å². The van der Waals surface area contributed by atoms with Gasteiger partial charge in [0.1, 0.15) is 5.75 Å². The largest absolute Gasteiger partial charge is 0.508 e. The summed E-state index contributed by atoms with van der Waals surface area (Å²) in [5.74, 6) is 0.901. The molecule has 5 heteroatoms. The average Bonchev–Trinajstić information content (AvgIpc) is 3.10. The molecule has 1 heterocycles. The maximum absolute atomic E-state index is 11.5. The van der Waals surface area contributed by atoms with E-state index in [4.69, 9.17) is 4.52 Å². The Morgan fingerprint density at radius 1 is 1.47 bits per heavy atom. The van der Waals surface area contributed by atoms with Crippen molar-refractivity contribution in [1.29, 1.82) is 0 Å². The van der Waals surface area contributed by atoms with Gasteiger partial charge in [0, 0.05) is 24.8 Å². The predicted octanol–water partition coefficient (Wildman–Crippen LogP) is 1.99. The lowest BCUT2D eigenvalue weighted by Crippen LogP contribution is -2.25. The Morgan fingerprint density at radius 2 is 2.32 bits per heavy atom. The van der Waals surface area contributed by atoms with Crippen LogP contribution in [-0.4, -0.2) is 22.7 Å². The van der Waals surface area contributed by atoms with Crippen LogP contribution in [0.15, 0.2) is 22.7 Å². The molecule has 0 bridgehead atoms. The minimum absolute atomic E-state index is 0.109. The highest BCUT2D eigenvalue weighted by Crippen LogP contribution is 2.32. The number of rotatable bonds is 5. The first kappa shape index (κ1) is 12.0. The highest BCUT2D eigenvalue weighted by atomic mass is 16.5. The topological polar surface area (TPSA) is 75.4 Å². The maximum atomic E-state index is 11.5. The monoisotopic (exact) mass is 260 g/mol. The Morgan fingerprint density at radius 3 is 3.11 bits per heavy atom. The van der Waals surface area contributed by atoms with Gasteiger partial charge in [-0.25, -0.2) is 0 Å². The van der Waals surface area contributed by atoms with Crippen molar-refractivity contribution >= 4 is 16.9 Å². The van der Waals surface area contributed by atoms with Crippen LogP contribution in [-0.2, 0) is 11.2 Å². The molecule has 0 aliphatic heterocycles. The minimum atomic E-state index is 0.109. The summed E-state index contributed by atoms with van der Waals surface area (Å²) in [7, 11) is 0. The van der Waals surface area contributed by atoms with Crippen molar-refractivity contribution in [3.8, 4) is 5.75 Å². The minimum Gasteiger partial charge on any atom is -0.508 e. The first-order valence-electron chi connectivity index (χ1n) is 6.56. The molecule has 1 fully saturated rings. The van der Waals surface area contributed by atoms with Crippen molar-refractivity contribution in [3.63, 3.8) is 0 Å². The summed E-state index contributed by atoms with van der Waals surface area (Å²) in [4.78, 5) is 11.5. The van der Waals surface area contributed by atoms with Crippen LogP contribution in [0, 0.1) is 5.92 Å². The summed E-state index contributed by atoms with van der Waals surface area (Å²) in [6.07, 6.45) is 3.61. The van der Waals surface area contributed by atoms with Gasteiger partial charge in [-0.2, -0.15) is 0 Å². The van der Waals surface area contributed by atoms with Crippen molar-refractivity contribution in [2.75, 3.05) is 6.54 Å². The maximum Gasteiger partial charge on any atom is 0.220 e. The molecule has 3 rings (SSSR count). The van der Waals surface area contributed by atoms with Crippen molar-refractivity contribution in [2.24, 2.45) is 5.92 Å². The van der Waals surface area contributed by atoms with Gasteiger partial charge in [-0.1, -0.05) is 5.16 Å². The van der Waals surface area contributed by atoms with E-state index in [9.17, 15) is 9.90 Å². The number of benzene rings is 1. The molecule has 0 unspecified atom stereocenters. The molecule has 2 N–H and O–H groups in total. The third-order valence-electron chi connectivity index (χ3n) is 3.38. The van der Waals surface area contributed by atoms with Gasteiger partial charge < -0.3 is 14.9 Å². The number of nitrogens with one attached hydrogen (secondary N) is 1. The van der Waals surface area contributed by atoms with Crippen molar-refractivity contribution in [3.05, 3.63) is 23.9 Å². The molecule has 0 radical (unpaired) electrons. The highest BCUT2D eigenvalue weighted by molar-refractivity contribution is 5.81. The van der Waals surface area contributed by atoms with E-state index >= 15 is 0 Å². The predicted molar refractivity (Wildman–Crippen MR) is 69.7 cm³/mol. The number of carbonyl (C=O) groups excluding carboxylic acids is 1. The summed E-state index contributed by atoms with van der Waals surface area (Å²) in [5, 5.41) is 17.1. The lowest BCUT2D eigenvalue weighted by atomic mass is 10.1. The Bertz CT molecular complexity index is 602. The standard InChI is InChI=1S/C14H16N2O3/c17-10-3-4-13-11(8-10)12(16-19-13)5-6-15-14(18)7-9-1-2-9/h3-4,8-9,17H,1-2,5-7H2,(H,15,18). The summed E-state index contributed by atoms with van der Waals surface area (Å²) < 4.78 is 5.16. The van der Waals surface area contributed by atoms with Crippen LogP contribution in [0.25, 0.3) is 11.0 Å². The second kappa shape index (κ2) is 4.91. The Balaban J connectivity index is 1.58. The summed E-state index contributed by atoms with van der Waals surface area (Å²) >= 11 is 0. The zero-order valence-corrected chi connectivity index (χ0v) is 10.6. The summed E-state index contributed by atoms with van der Waals surface area (Å²) in [5.41, 5.74) is 1.41. The molecule has 5 nitrogen and oxygen atoms in total. The van der Waals surface area contributed by atoms with Gasteiger partial charge in [0.05, 0.1) is 5.69 Å². The van der Waals surface area contributed by atoms with Crippen molar-refractivity contribution < 1.29 is 14.4 Å². The van der Waals surface area contributed by atoms with Crippen LogP contribution >= 0.6 is 0 Å². The molecule has 1 aliphatic rings. The van der Waals surface area contributed by atoms with Crippen LogP contribution in [0.2, 0.25) is 0 Å². The third kappa shape index (κ3) is 2.86. The molecule has 1 aromatic carbocycles. The van der Waals surface area contributed by atoms with Crippen LogP contribution in [0.4, 0.5) is 0 Å². The molecule has 1 aliphatic carbocycles. The van der Waals surface area contributed by atoms with Crippen LogP contribution < -0.4 is 5.32 Å². The Hall–Kier alpha value is -2.04. The van der Waals surface area contributed by atoms with Crippen molar-refractivity contribution in [1.82, 2.24) is 10.5 Å². The van der Waals surface area contributed by atoms with Gasteiger partial charge in [0.2, 0.25) is 5.91 Å². The first-order chi connectivity index (χ1) is 9.22. The van der Waals surface area contributed by atoms with Crippen LogP contribution in [0.5, 0.6) is 5.75 Å². The highest BCUT2D eigenvalue weighted by Gasteiger charge is 2.24. The van der Waals surface area contributed by atoms with Gasteiger partial charge in [0.15, 0.2) is 5.58 Å². The van der Waals surface area contributed by atoms with Gasteiger partial charge >= 0.3 is 0 Å². The Kier molecular flexibility index (Phi) is 3.11. The molecule has 0 spiro atoms. The smallest absolute Gasteiger partial charge is 0.220 e. The zero-order chi connectivity index (χ0) is 13.2. The fraction of sp³-hybridized carbons (Fsp3) is 0.429. The SMILES string of the molecule is O=C(CC1CC1)NCCc1noc2ccc(O)cc12. The Labute approximate surface area is 110 Å². The molecule has 0 atom stereocenters. The number of carbonyl (C=O) groups is 1. The lowest BCUT2D eigenvalue weighted by molar-refractivity contribution is -0.121. The average molecular weight is 260 g/mol. The quantitative estimate of drug-likeness (QED) is 0.862. The third-order valence-corrected chi connectivity index (χ3v) is 3.38. The summed E-state index contributed by atoms with van der Waals surface area (Å²) in [6.45, 7) is 0.544. The summed E-state index contributed by atoms with van der Waals surface area (Å²) in [6, 6.07) is 4.88. The number of aromatic hydroxyl groups is 1. The van der Waals surface area contributed by atoms with Crippen LogP contribution in [0.3, 0.4) is 0 Å². The van der Waals surface area contributed by atoms with Gasteiger partial charge in [-0.05, 0) is 37.0 Å². The van der Waals surface area contributed by atoms with Crippen molar-refractivity contribution in [2.45, 2.75) is 25.7 Å². The fourth-order valence-electron chi connectivity index (χ4n) is 2.13. The first-order valence-corrected chi connectivity index (χ1v) is 6.56. The molecular formula is C14H16N2O3. The molecule has 0 saturated heterocycles. The van der Waals surface area contributed by atoms with Gasteiger partial charge in [-0.3, -0.25) is 4.79 Å². The molecule has 1 amide bonds. The number of phenols is 1. The second-order valence-electron chi connectivity index (χ2n) is 5.06. The lowest BCUT2D eigenvalue weighted by Gasteiger charge is -2.02. The van der Waals surface area contributed by atoms with E-state index in [0.717, 1.165) is 11.1 Å². The van der Waals surface area contributed by atoms with E-state index in [2.05, 4.69) is 10.5 Å². The molecule has 19 heavy (non-hydrogen) atoms. The number of fused-ring (bicyclic) bond motifs is 1. The number of nitrogens with zero attached hydrogens (tertiary/aromatic N) is 1. The van der Waals surface area contributed by atoms with E-state index in [-0.39, 0.29) is 11.7 Å². The van der Waals surface area contributed by atoms with E-state index in [0.29, 0.717) is 30.9 Å². The molecule has 1 saturated carbocycles. The van der Waals surface area contributed by atoms with Crippen LogP contribution in [0.1, 0.15) is 25.0 Å². The van der Waals surface area contributed by atoms with E-state index in [1.807, 2.05) is 0 Å². The number of aromatic nitrogens is 1. The van der Waals surface area contributed by atoms with E-state index in [1.54, 1.807) is 18.2 Å². The number of hydrogen-bond donors (Lipinski definition) is 2. The second-order valence-corrected chi connectivity index (χ2v) is 5.06. The number of hydrogen-bond acceptors (Lipinski definition) is 4.